The number of aromatic nitrogens is 3. The standard InChI is InChI=1S/C19H21N5O3/c1-13(2)27-15-8-6-14(7-9-15)19(26)21-12-18(25)20-11-17-23-22-16-5-3-4-10-24(16)17/h3-10,13H,11-12H2,1-2H3,(H,20,25)(H,21,26). The van der Waals surface area contributed by atoms with E-state index in [9.17, 15) is 9.59 Å². The van der Waals surface area contributed by atoms with Crippen molar-refractivity contribution in [1.82, 2.24) is 25.2 Å². The summed E-state index contributed by atoms with van der Waals surface area (Å²) in [6, 6.07) is 12.3. The minimum absolute atomic E-state index is 0.0655. The van der Waals surface area contributed by atoms with Crippen molar-refractivity contribution < 1.29 is 14.3 Å². The maximum absolute atomic E-state index is 12.1. The molecule has 0 aliphatic heterocycles. The van der Waals surface area contributed by atoms with Gasteiger partial charge in [0.1, 0.15) is 5.75 Å². The monoisotopic (exact) mass is 367 g/mol. The fourth-order valence-corrected chi connectivity index (χ4v) is 2.47. The molecule has 0 atom stereocenters. The minimum Gasteiger partial charge on any atom is -0.491 e. The van der Waals surface area contributed by atoms with Crippen LogP contribution in [0.1, 0.15) is 30.0 Å². The summed E-state index contributed by atoms with van der Waals surface area (Å²) in [4.78, 5) is 24.1. The van der Waals surface area contributed by atoms with Gasteiger partial charge in [0.05, 0.1) is 19.2 Å². The number of ether oxygens (including phenoxy) is 1. The number of carbonyl (C=O) groups is 2. The number of nitrogens with one attached hydrogen (secondary N) is 2. The molecule has 0 aliphatic carbocycles. The van der Waals surface area contributed by atoms with Gasteiger partial charge in [-0.05, 0) is 50.2 Å². The molecule has 8 nitrogen and oxygen atoms in total. The van der Waals surface area contributed by atoms with Crippen molar-refractivity contribution >= 4 is 17.5 Å². The fourth-order valence-electron chi connectivity index (χ4n) is 2.47. The van der Waals surface area contributed by atoms with Crippen molar-refractivity contribution in [2.24, 2.45) is 0 Å². The molecule has 3 aromatic rings. The van der Waals surface area contributed by atoms with Gasteiger partial charge in [-0.15, -0.1) is 10.2 Å². The second-order valence-corrected chi connectivity index (χ2v) is 6.20. The van der Waals surface area contributed by atoms with Crippen LogP contribution in [0.3, 0.4) is 0 Å². The topological polar surface area (TPSA) is 97.6 Å². The Balaban J connectivity index is 1.48. The molecule has 8 heteroatoms. The van der Waals surface area contributed by atoms with Gasteiger partial charge in [0, 0.05) is 11.8 Å². The first-order valence-corrected chi connectivity index (χ1v) is 8.63. The van der Waals surface area contributed by atoms with E-state index in [2.05, 4.69) is 20.8 Å². The van der Waals surface area contributed by atoms with Gasteiger partial charge < -0.3 is 15.4 Å². The average Bonchev–Trinajstić information content (AvgIpc) is 3.08. The summed E-state index contributed by atoms with van der Waals surface area (Å²) in [7, 11) is 0. The van der Waals surface area contributed by atoms with Crippen LogP contribution in [0.2, 0.25) is 0 Å². The number of carbonyl (C=O) groups excluding carboxylic acids is 2. The highest BCUT2D eigenvalue weighted by molar-refractivity contribution is 5.96. The zero-order chi connectivity index (χ0) is 19.2. The number of amides is 2. The van der Waals surface area contributed by atoms with Gasteiger partial charge in [-0.3, -0.25) is 14.0 Å². The number of rotatable bonds is 7. The zero-order valence-electron chi connectivity index (χ0n) is 15.2. The summed E-state index contributed by atoms with van der Waals surface area (Å²) in [6.07, 6.45) is 1.89. The molecule has 27 heavy (non-hydrogen) atoms. The van der Waals surface area contributed by atoms with E-state index in [1.54, 1.807) is 28.7 Å². The Morgan fingerprint density at radius 3 is 2.59 bits per heavy atom. The summed E-state index contributed by atoms with van der Waals surface area (Å²) < 4.78 is 7.33. The van der Waals surface area contributed by atoms with E-state index >= 15 is 0 Å². The van der Waals surface area contributed by atoms with Crippen molar-refractivity contribution in [2.45, 2.75) is 26.5 Å². The summed E-state index contributed by atoms with van der Waals surface area (Å²) in [6.45, 7) is 3.96. The number of hydrogen-bond donors (Lipinski definition) is 2. The Kier molecular flexibility index (Phi) is 5.65. The lowest BCUT2D eigenvalue weighted by atomic mass is 10.2. The SMILES string of the molecule is CC(C)Oc1ccc(C(=O)NCC(=O)NCc2nnc3ccccn23)cc1. The quantitative estimate of drug-likeness (QED) is 0.660. The third-order valence-electron chi connectivity index (χ3n) is 3.73. The van der Waals surface area contributed by atoms with Crippen molar-refractivity contribution in [2.75, 3.05) is 6.54 Å². The van der Waals surface area contributed by atoms with E-state index in [4.69, 9.17) is 4.74 Å². The zero-order valence-corrected chi connectivity index (χ0v) is 15.2. The first kappa shape index (κ1) is 18.4. The summed E-state index contributed by atoms with van der Waals surface area (Å²) in [5.41, 5.74) is 1.17. The summed E-state index contributed by atoms with van der Waals surface area (Å²) >= 11 is 0. The molecule has 140 valence electrons. The van der Waals surface area contributed by atoms with Crippen LogP contribution in [0.4, 0.5) is 0 Å². The van der Waals surface area contributed by atoms with Crippen LogP contribution in [0.25, 0.3) is 5.65 Å². The Labute approximate surface area is 156 Å². The minimum atomic E-state index is -0.325. The Morgan fingerprint density at radius 2 is 1.85 bits per heavy atom. The molecule has 0 bridgehead atoms. The van der Waals surface area contributed by atoms with Crippen LogP contribution >= 0.6 is 0 Å². The highest BCUT2D eigenvalue weighted by Crippen LogP contribution is 2.13. The molecule has 2 heterocycles. The molecule has 2 amide bonds. The molecular formula is C19H21N5O3. The predicted molar refractivity (Wildman–Crippen MR) is 99.4 cm³/mol. The highest BCUT2D eigenvalue weighted by Gasteiger charge is 2.10. The van der Waals surface area contributed by atoms with Gasteiger partial charge in [0.25, 0.3) is 5.91 Å². The van der Waals surface area contributed by atoms with Crippen LogP contribution in [-0.2, 0) is 11.3 Å². The molecule has 0 unspecified atom stereocenters. The van der Waals surface area contributed by atoms with Crippen LogP contribution in [0.15, 0.2) is 48.7 Å². The number of pyridine rings is 1. The Hall–Kier alpha value is -3.42. The molecule has 3 rings (SSSR count). The molecule has 0 spiro atoms. The third kappa shape index (κ3) is 4.81. The van der Waals surface area contributed by atoms with E-state index < -0.39 is 0 Å². The Morgan fingerprint density at radius 1 is 1.07 bits per heavy atom. The van der Waals surface area contributed by atoms with E-state index in [0.717, 1.165) is 0 Å². The molecular weight excluding hydrogens is 346 g/mol. The highest BCUT2D eigenvalue weighted by atomic mass is 16.5. The van der Waals surface area contributed by atoms with Crippen LogP contribution in [-0.4, -0.2) is 39.1 Å². The third-order valence-corrected chi connectivity index (χ3v) is 3.73. The van der Waals surface area contributed by atoms with Gasteiger partial charge in [-0.1, -0.05) is 6.07 Å². The maximum Gasteiger partial charge on any atom is 0.251 e. The van der Waals surface area contributed by atoms with E-state index in [1.807, 2.05) is 38.2 Å². The first-order chi connectivity index (χ1) is 13.0. The lowest BCUT2D eigenvalue weighted by Gasteiger charge is -2.10. The molecule has 0 fully saturated rings. The number of nitrogens with zero attached hydrogens (tertiary/aromatic N) is 3. The smallest absolute Gasteiger partial charge is 0.251 e. The van der Waals surface area contributed by atoms with Crippen LogP contribution in [0.5, 0.6) is 5.75 Å². The lowest BCUT2D eigenvalue weighted by molar-refractivity contribution is -0.120. The van der Waals surface area contributed by atoms with Crippen LogP contribution < -0.4 is 15.4 Å². The van der Waals surface area contributed by atoms with Crippen molar-refractivity contribution in [3.8, 4) is 5.75 Å². The fraction of sp³-hybridized carbons (Fsp3) is 0.263. The van der Waals surface area contributed by atoms with Crippen molar-refractivity contribution in [3.63, 3.8) is 0 Å². The molecule has 0 radical (unpaired) electrons. The van der Waals surface area contributed by atoms with Crippen LogP contribution in [0, 0.1) is 0 Å². The predicted octanol–water partition coefficient (Wildman–Crippen LogP) is 1.56. The summed E-state index contributed by atoms with van der Waals surface area (Å²) in [5, 5.41) is 13.4. The second-order valence-electron chi connectivity index (χ2n) is 6.20. The molecule has 2 aromatic heterocycles. The van der Waals surface area contributed by atoms with E-state index in [1.165, 1.54) is 0 Å². The molecule has 0 saturated carbocycles. The number of fused-ring (bicyclic) bond motifs is 1. The average molecular weight is 367 g/mol. The molecule has 2 N–H and O–H groups in total. The molecule has 0 saturated heterocycles. The van der Waals surface area contributed by atoms with Crippen molar-refractivity contribution in [3.05, 3.63) is 60.0 Å². The van der Waals surface area contributed by atoms with Gasteiger partial charge in [0.15, 0.2) is 11.5 Å². The number of hydrogen-bond acceptors (Lipinski definition) is 5. The van der Waals surface area contributed by atoms with E-state index in [0.29, 0.717) is 22.8 Å². The molecule has 0 aliphatic rings. The maximum atomic E-state index is 12.1. The Bertz CT molecular complexity index is 934. The van der Waals surface area contributed by atoms with Gasteiger partial charge >= 0.3 is 0 Å². The number of benzene rings is 1. The van der Waals surface area contributed by atoms with E-state index in [-0.39, 0.29) is 31.0 Å². The summed E-state index contributed by atoms with van der Waals surface area (Å²) in [5.74, 6) is 0.677. The lowest BCUT2D eigenvalue weighted by Crippen LogP contribution is -2.36. The second kappa shape index (κ2) is 8.31. The van der Waals surface area contributed by atoms with Gasteiger partial charge in [0.2, 0.25) is 5.91 Å². The molecule has 1 aromatic carbocycles. The van der Waals surface area contributed by atoms with Gasteiger partial charge in [-0.2, -0.15) is 0 Å². The first-order valence-electron chi connectivity index (χ1n) is 8.63. The normalized spacial score (nSPS) is 10.8. The van der Waals surface area contributed by atoms with Gasteiger partial charge in [-0.25, -0.2) is 0 Å². The largest absolute Gasteiger partial charge is 0.491 e. The van der Waals surface area contributed by atoms with Crippen molar-refractivity contribution in [1.29, 1.82) is 0 Å².